The summed E-state index contributed by atoms with van der Waals surface area (Å²) < 4.78 is 1.30. The van der Waals surface area contributed by atoms with Gasteiger partial charge in [-0.25, -0.2) is 0 Å². The Bertz CT molecular complexity index is 269. The summed E-state index contributed by atoms with van der Waals surface area (Å²) in [4.78, 5) is 0. The van der Waals surface area contributed by atoms with Crippen LogP contribution in [0.5, 0.6) is 0 Å². The first-order valence-corrected chi connectivity index (χ1v) is 5.11. The van der Waals surface area contributed by atoms with E-state index in [-0.39, 0.29) is 0 Å². The predicted molar refractivity (Wildman–Crippen MR) is 62.5 cm³/mol. The Labute approximate surface area is 87.8 Å². The van der Waals surface area contributed by atoms with Gasteiger partial charge in [-0.2, -0.15) is 0 Å². The molecule has 0 aromatic heterocycles. The van der Waals surface area contributed by atoms with Crippen molar-refractivity contribution < 1.29 is 0 Å². The van der Waals surface area contributed by atoms with E-state index in [2.05, 4.69) is 61.2 Å². The van der Waals surface area contributed by atoms with Crippen LogP contribution < -0.4 is 0 Å². The number of aryl methyl sites for hydroxylation is 1. The van der Waals surface area contributed by atoms with E-state index in [0.29, 0.717) is 5.92 Å². The standard InChI is InChI=1S/C11H13I/c1-4-9(3)10-5-8(2)6-11(12)7-10/h4-7,9H,1H2,2-3H3. The van der Waals surface area contributed by atoms with Gasteiger partial charge in [0.1, 0.15) is 0 Å². The molecule has 1 unspecified atom stereocenters. The van der Waals surface area contributed by atoms with Gasteiger partial charge in [0.2, 0.25) is 0 Å². The number of hydrogen-bond donors (Lipinski definition) is 0. The van der Waals surface area contributed by atoms with Crippen LogP contribution in [0.1, 0.15) is 24.0 Å². The first-order chi connectivity index (χ1) is 5.63. The summed E-state index contributed by atoms with van der Waals surface area (Å²) in [5.41, 5.74) is 2.68. The molecule has 64 valence electrons. The van der Waals surface area contributed by atoms with Crippen LogP contribution in [0.4, 0.5) is 0 Å². The summed E-state index contributed by atoms with van der Waals surface area (Å²) >= 11 is 2.35. The number of halogens is 1. The van der Waals surface area contributed by atoms with Crippen molar-refractivity contribution in [3.8, 4) is 0 Å². The number of rotatable bonds is 2. The first kappa shape index (κ1) is 9.78. The summed E-state index contributed by atoms with van der Waals surface area (Å²) in [6.45, 7) is 8.08. The van der Waals surface area contributed by atoms with E-state index in [1.807, 2.05) is 6.08 Å². The lowest BCUT2D eigenvalue weighted by Gasteiger charge is -2.07. The van der Waals surface area contributed by atoms with E-state index >= 15 is 0 Å². The molecular formula is C11H13I. The van der Waals surface area contributed by atoms with Crippen LogP contribution in [0, 0.1) is 10.5 Å². The average molecular weight is 272 g/mol. The zero-order chi connectivity index (χ0) is 9.14. The highest BCUT2D eigenvalue weighted by atomic mass is 127. The molecule has 0 heterocycles. The van der Waals surface area contributed by atoms with E-state index in [4.69, 9.17) is 0 Å². The van der Waals surface area contributed by atoms with Crippen LogP contribution in [0.2, 0.25) is 0 Å². The molecule has 0 amide bonds. The number of benzene rings is 1. The molecule has 0 nitrogen and oxygen atoms in total. The maximum atomic E-state index is 3.79. The first-order valence-electron chi connectivity index (χ1n) is 4.03. The molecule has 1 aromatic rings. The van der Waals surface area contributed by atoms with Gasteiger partial charge in [-0.15, -0.1) is 6.58 Å². The van der Waals surface area contributed by atoms with E-state index < -0.39 is 0 Å². The predicted octanol–water partition coefficient (Wildman–Crippen LogP) is 3.89. The molecule has 1 heteroatoms. The SMILES string of the molecule is C=CC(C)c1cc(C)cc(I)c1. The third-order valence-electron chi connectivity index (χ3n) is 1.94. The molecule has 0 aliphatic rings. The Morgan fingerprint density at radius 3 is 2.58 bits per heavy atom. The topological polar surface area (TPSA) is 0 Å². The monoisotopic (exact) mass is 272 g/mol. The Kier molecular flexibility index (Phi) is 3.32. The van der Waals surface area contributed by atoms with E-state index in [1.54, 1.807) is 0 Å². The second kappa shape index (κ2) is 4.08. The zero-order valence-electron chi connectivity index (χ0n) is 7.47. The molecule has 0 radical (unpaired) electrons. The van der Waals surface area contributed by atoms with E-state index in [0.717, 1.165) is 0 Å². The highest BCUT2D eigenvalue weighted by molar-refractivity contribution is 14.1. The molecule has 0 aliphatic carbocycles. The van der Waals surface area contributed by atoms with Gasteiger partial charge in [0.25, 0.3) is 0 Å². The van der Waals surface area contributed by atoms with Crippen molar-refractivity contribution in [3.05, 3.63) is 45.6 Å². The molecule has 0 fully saturated rings. The molecule has 12 heavy (non-hydrogen) atoms. The largest absolute Gasteiger partial charge is 0.102 e. The maximum absolute atomic E-state index is 3.79. The lowest BCUT2D eigenvalue weighted by atomic mass is 10.00. The van der Waals surface area contributed by atoms with E-state index in [9.17, 15) is 0 Å². The van der Waals surface area contributed by atoms with Crippen molar-refractivity contribution in [1.29, 1.82) is 0 Å². The van der Waals surface area contributed by atoms with Crippen LogP contribution in [0.25, 0.3) is 0 Å². The maximum Gasteiger partial charge on any atom is 0.0135 e. The van der Waals surface area contributed by atoms with Gasteiger partial charge < -0.3 is 0 Å². The Morgan fingerprint density at radius 2 is 2.08 bits per heavy atom. The van der Waals surface area contributed by atoms with Crippen LogP contribution in [0.3, 0.4) is 0 Å². The Hall–Kier alpha value is -0.310. The molecule has 0 spiro atoms. The van der Waals surface area contributed by atoms with Crippen LogP contribution in [-0.4, -0.2) is 0 Å². The van der Waals surface area contributed by atoms with Crippen LogP contribution in [-0.2, 0) is 0 Å². The van der Waals surface area contributed by atoms with Gasteiger partial charge in [0.05, 0.1) is 0 Å². The zero-order valence-corrected chi connectivity index (χ0v) is 9.63. The molecule has 0 N–H and O–H groups in total. The minimum Gasteiger partial charge on any atom is -0.102 e. The lowest BCUT2D eigenvalue weighted by Crippen LogP contribution is -1.90. The van der Waals surface area contributed by atoms with E-state index in [1.165, 1.54) is 14.7 Å². The highest BCUT2D eigenvalue weighted by Gasteiger charge is 2.01. The Balaban J connectivity index is 3.08. The lowest BCUT2D eigenvalue weighted by molar-refractivity contribution is 0.966. The van der Waals surface area contributed by atoms with Crippen molar-refractivity contribution in [3.63, 3.8) is 0 Å². The fourth-order valence-corrected chi connectivity index (χ4v) is 2.01. The molecule has 1 atom stereocenters. The number of hydrogen-bond acceptors (Lipinski definition) is 0. The van der Waals surface area contributed by atoms with Gasteiger partial charge in [-0.1, -0.05) is 19.1 Å². The van der Waals surface area contributed by atoms with Crippen molar-refractivity contribution >= 4 is 22.6 Å². The minimum absolute atomic E-state index is 0.457. The second-order valence-electron chi connectivity index (χ2n) is 3.09. The molecule has 0 aliphatic heterocycles. The molecule has 1 rings (SSSR count). The third kappa shape index (κ3) is 2.34. The Morgan fingerprint density at radius 1 is 1.42 bits per heavy atom. The highest BCUT2D eigenvalue weighted by Crippen LogP contribution is 2.20. The molecule has 0 saturated carbocycles. The van der Waals surface area contributed by atoms with Gasteiger partial charge >= 0.3 is 0 Å². The summed E-state index contributed by atoms with van der Waals surface area (Å²) in [5, 5.41) is 0. The molecule has 0 bridgehead atoms. The second-order valence-corrected chi connectivity index (χ2v) is 4.33. The fourth-order valence-electron chi connectivity index (χ4n) is 1.16. The fraction of sp³-hybridized carbons (Fsp3) is 0.273. The van der Waals surface area contributed by atoms with Crippen LogP contribution in [0.15, 0.2) is 30.9 Å². The smallest absolute Gasteiger partial charge is 0.0135 e. The minimum atomic E-state index is 0.457. The quantitative estimate of drug-likeness (QED) is 0.566. The van der Waals surface area contributed by atoms with Gasteiger partial charge in [0.15, 0.2) is 0 Å². The third-order valence-corrected chi connectivity index (χ3v) is 2.57. The molecular weight excluding hydrogens is 259 g/mol. The van der Waals surface area contributed by atoms with Crippen molar-refractivity contribution in [2.24, 2.45) is 0 Å². The van der Waals surface area contributed by atoms with Crippen LogP contribution >= 0.6 is 22.6 Å². The van der Waals surface area contributed by atoms with Crippen molar-refractivity contribution in [2.75, 3.05) is 0 Å². The van der Waals surface area contributed by atoms with Gasteiger partial charge in [0, 0.05) is 3.57 Å². The normalized spacial score (nSPS) is 12.6. The van der Waals surface area contributed by atoms with Gasteiger partial charge in [-0.05, 0) is 58.7 Å². The summed E-state index contributed by atoms with van der Waals surface area (Å²) in [5.74, 6) is 0.457. The summed E-state index contributed by atoms with van der Waals surface area (Å²) in [6.07, 6.45) is 1.98. The van der Waals surface area contributed by atoms with Gasteiger partial charge in [-0.3, -0.25) is 0 Å². The summed E-state index contributed by atoms with van der Waals surface area (Å²) in [6, 6.07) is 6.61. The molecule has 1 aromatic carbocycles. The van der Waals surface area contributed by atoms with Crippen molar-refractivity contribution in [1.82, 2.24) is 0 Å². The summed E-state index contributed by atoms with van der Waals surface area (Å²) in [7, 11) is 0. The average Bonchev–Trinajstić information content (AvgIpc) is 2.01. The molecule has 0 saturated heterocycles. The van der Waals surface area contributed by atoms with Crippen molar-refractivity contribution in [2.45, 2.75) is 19.8 Å². The number of allylic oxidation sites excluding steroid dienone is 1.